The lowest BCUT2D eigenvalue weighted by atomic mass is 10.0. The van der Waals surface area contributed by atoms with E-state index < -0.39 is 9.84 Å². The van der Waals surface area contributed by atoms with E-state index in [-0.39, 0.29) is 18.2 Å². The number of rotatable bonds is 6. The Kier molecular flexibility index (Phi) is 7.26. The zero-order valence-corrected chi connectivity index (χ0v) is 15.2. The van der Waals surface area contributed by atoms with Gasteiger partial charge in [-0.1, -0.05) is 50.2 Å². The maximum absolute atomic E-state index is 12.5. The monoisotopic (exact) mass is 353 g/mol. The Balaban J connectivity index is 0.00000264. The molecule has 0 spiro atoms. The van der Waals surface area contributed by atoms with Crippen molar-refractivity contribution in [3.05, 3.63) is 65.2 Å². The largest absolute Gasteiger partial charge is 0.330 e. The van der Waals surface area contributed by atoms with Gasteiger partial charge in [-0.2, -0.15) is 0 Å². The van der Waals surface area contributed by atoms with E-state index >= 15 is 0 Å². The van der Waals surface area contributed by atoms with E-state index in [0.29, 0.717) is 17.4 Å². The molecule has 2 N–H and O–H groups in total. The molecule has 0 saturated heterocycles. The van der Waals surface area contributed by atoms with Crippen LogP contribution in [-0.4, -0.2) is 15.0 Å². The Labute approximate surface area is 145 Å². The van der Waals surface area contributed by atoms with E-state index in [1.807, 2.05) is 36.4 Å². The van der Waals surface area contributed by atoms with Crippen molar-refractivity contribution < 1.29 is 8.42 Å². The van der Waals surface area contributed by atoms with Crippen LogP contribution in [0.15, 0.2) is 53.4 Å². The molecule has 2 rings (SSSR count). The Morgan fingerprint density at radius 1 is 0.913 bits per heavy atom. The van der Waals surface area contributed by atoms with Gasteiger partial charge in [0.25, 0.3) is 0 Å². The summed E-state index contributed by atoms with van der Waals surface area (Å²) in [7, 11) is -3.31. The highest BCUT2D eigenvalue weighted by Crippen LogP contribution is 2.20. The Bertz CT molecular complexity index is 708. The smallest absolute Gasteiger partial charge is 0.182 e. The predicted octanol–water partition coefficient (Wildman–Crippen LogP) is 3.71. The van der Waals surface area contributed by atoms with E-state index in [4.69, 9.17) is 5.73 Å². The van der Waals surface area contributed by atoms with Crippen molar-refractivity contribution in [2.24, 2.45) is 5.73 Å². The first-order valence-electron chi connectivity index (χ1n) is 7.53. The normalized spacial score (nSPS) is 11.3. The van der Waals surface area contributed by atoms with Crippen molar-refractivity contribution in [2.75, 3.05) is 6.54 Å². The Hall–Kier alpha value is -1.36. The standard InChI is InChI=1S/C18H23NO2S.ClH/c1-14(2)17-7-9-18(10-8-17)22(20,21)13-16-5-3-15(4-6-16)11-12-19;/h3-10,14H,11-13,19H2,1-2H3;1H. The number of hydrogen-bond donors (Lipinski definition) is 1. The zero-order chi connectivity index (χ0) is 16.2. The maximum atomic E-state index is 12.5. The molecule has 0 aliphatic carbocycles. The molecular weight excluding hydrogens is 330 g/mol. The molecule has 0 fully saturated rings. The fraction of sp³-hybridized carbons (Fsp3) is 0.333. The Morgan fingerprint density at radius 2 is 1.43 bits per heavy atom. The highest BCUT2D eigenvalue weighted by Gasteiger charge is 2.15. The van der Waals surface area contributed by atoms with Gasteiger partial charge >= 0.3 is 0 Å². The van der Waals surface area contributed by atoms with Gasteiger partial charge in [0.1, 0.15) is 0 Å². The van der Waals surface area contributed by atoms with Gasteiger partial charge < -0.3 is 5.73 Å². The lowest BCUT2D eigenvalue weighted by Crippen LogP contribution is -2.06. The third kappa shape index (κ3) is 5.34. The summed E-state index contributed by atoms with van der Waals surface area (Å²) >= 11 is 0. The van der Waals surface area contributed by atoms with E-state index in [1.54, 1.807) is 12.1 Å². The van der Waals surface area contributed by atoms with Crippen molar-refractivity contribution in [2.45, 2.75) is 36.8 Å². The summed E-state index contributed by atoms with van der Waals surface area (Å²) in [4.78, 5) is 0.378. The van der Waals surface area contributed by atoms with Crippen LogP contribution >= 0.6 is 12.4 Å². The predicted molar refractivity (Wildman–Crippen MR) is 97.9 cm³/mol. The molecular formula is C18H24ClNO2S. The van der Waals surface area contributed by atoms with Crippen LogP contribution in [0, 0.1) is 0 Å². The molecule has 0 saturated carbocycles. The third-order valence-corrected chi connectivity index (χ3v) is 5.42. The van der Waals surface area contributed by atoms with Gasteiger partial charge in [0, 0.05) is 0 Å². The molecule has 3 nitrogen and oxygen atoms in total. The zero-order valence-electron chi connectivity index (χ0n) is 13.5. The molecule has 0 aliphatic rings. The average molecular weight is 354 g/mol. The average Bonchev–Trinajstić information content (AvgIpc) is 2.49. The quantitative estimate of drug-likeness (QED) is 0.861. The molecule has 0 aliphatic heterocycles. The Morgan fingerprint density at radius 3 is 1.91 bits per heavy atom. The fourth-order valence-electron chi connectivity index (χ4n) is 2.33. The summed E-state index contributed by atoms with van der Waals surface area (Å²) < 4.78 is 24.9. The minimum Gasteiger partial charge on any atom is -0.330 e. The first kappa shape index (κ1) is 19.7. The number of hydrogen-bond acceptors (Lipinski definition) is 3. The van der Waals surface area contributed by atoms with Crippen molar-refractivity contribution >= 4 is 22.2 Å². The SMILES string of the molecule is CC(C)c1ccc(S(=O)(=O)Cc2ccc(CCN)cc2)cc1.Cl. The summed E-state index contributed by atoms with van der Waals surface area (Å²) in [5.41, 5.74) is 8.59. The lowest BCUT2D eigenvalue weighted by Gasteiger charge is -2.08. The molecule has 2 aromatic rings. The topological polar surface area (TPSA) is 60.2 Å². The van der Waals surface area contributed by atoms with Gasteiger partial charge in [-0.3, -0.25) is 0 Å². The van der Waals surface area contributed by atoms with Gasteiger partial charge in [0.15, 0.2) is 9.84 Å². The van der Waals surface area contributed by atoms with Crippen molar-refractivity contribution in [1.29, 1.82) is 0 Å². The minimum atomic E-state index is -3.31. The van der Waals surface area contributed by atoms with Crippen LogP contribution in [0.5, 0.6) is 0 Å². The summed E-state index contributed by atoms with van der Waals surface area (Å²) in [6.07, 6.45) is 0.809. The molecule has 0 aromatic heterocycles. The lowest BCUT2D eigenvalue weighted by molar-refractivity contribution is 0.595. The summed E-state index contributed by atoms with van der Waals surface area (Å²) in [6.45, 7) is 4.78. The highest BCUT2D eigenvalue weighted by atomic mass is 35.5. The van der Waals surface area contributed by atoms with Gasteiger partial charge in [0.05, 0.1) is 10.6 Å². The third-order valence-electron chi connectivity index (χ3n) is 3.72. The molecule has 0 radical (unpaired) electrons. The van der Waals surface area contributed by atoms with Crippen LogP contribution in [-0.2, 0) is 22.0 Å². The van der Waals surface area contributed by atoms with Gasteiger partial charge in [-0.05, 0) is 47.7 Å². The van der Waals surface area contributed by atoms with Crippen molar-refractivity contribution in [3.8, 4) is 0 Å². The van der Waals surface area contributed by atoms with Gasteiger partial charge in [-0.15, -0.1) is 12.4 Å². The number of benzene rings is 2. The van der Waals surface area contributed by atoms with E-state index in [0.717, 1.165) is 23.1 Å². The number of sulfone groups is 1. The molecule has 5 heteroatoms. The molecule has 0 amide bonds. The van der Waals surface area contributed by atoms with Crippen LogP contribution in [0.3, 0.4) is 0 Å². The minimum absolute atomic E-state index is 0. The molecule has 0 atom stereocenters. The second-order valence-corrected chi connectivity index (χ2v) is 7.83. The van der Waals surface area contributed by atoms with Crippen LogP contribution in [0.25, 0.3) is 0 Å². The van der Waals surface area contributed by atoms with Crippen molar-refractivity contribution in [1.82, 2.24) is 0 Å². The number of halogens is 1. The van der Waals surface area contributed by atoms with Crippen molar-refractivity contribution in [3.63, 3.8) is 0 Å². The van der Waals surface area contributed by atoms with Crippen LogP contribution < -0.4 is 5.73 Å². The van der Waals surface area contributed by atoms with Crippen LogP contribution in [0.2, 0.25) is 0 Å². The molecule has 0 bridgehead atoms. The van der Waals surface area contributed by atoms with Crippen LogP contribution in [0.1, 0.15) is 36.5 Å². The maximum Gasteiger partial charge on any atom is 0.182 e. The summed E-state index contributed by atoms with van der Waals surface area (Å²) in [5, 5.41) is 0. The molecule has 0 unspecified atom stereocenters. The summed E-state index contributed by atoms with van der Waals surface area (Å²) in [5.74, 6) is 0.420. The van der Waals surface area contributed by atoms with Gasteiger partial charge in [-0.25, -0.2) is 8.42 Å². The second-order valence-electron chi connectivity index (χ2n) is 5.84. The molecule has 126 valence electrons. The second kappa shape index (κ2) is 8.48. The van der Waals surface area contributed by atoms with E-state index in [1.165, 1.54) is 0 Å². The first-order valence-corrected chi connectivity index (χ1v) is 9.18. The first-order chi connectivity index (χ1) is 10.4. The molecule has 23 heavy (non-hydrogen) atoms. The van der Waals surface area contributed by atoms with E-state index in [9.17, 15) is 8.42 Å². The molecule has 0 heterocycles. The summed E-state index contributed by atoms with van der Waals surface area (Å²) in [6, 6.07) is 14.8. The number of nitrogens with two attached hydrogens (primary N) is 1. The van der Waals surface area contributed by atoms with E-state index in [2.05, 4.69) is 13.8 Å². The van der Waals surface area contributed by atoms with Crippen LogP contribution in [0.4, 0.5) is 0 Å². The molecule has 2 aromatic carbocycles. The highest BCUT2D eigenvalue weighted by molar-refractivity contribution is 7.90. The fourth-order valence-corrected chi connectivity index (χ4v) is 3.68. The van der Waals surface area contributed by atoms with Gasteiger partial charge in [0.2, 0.25) is 0 Å².